The van der Waals surface area contributed by atoms with E-state index < -0.39 is 29.7 Å². The number of aryl methyl sites for hydroxylation is 1. The average molecular weight is 384 g/mol. The van der Waals surface area contributed by atoms with Crippen LogP contribution in [0.15, 0.2) is 28.8 Å². The Morgan fingerprint density at radius 2 is 1.74 bits per heavy atom. The summed E-state index contributed by atoms with van der Waals surface area (Å²) in [4.78, 5) is 24.5. The second kappa shape index (κ2) is 7.81. The monoisotopic (exact) mass is 384 g/mol. The highest BCUT2D eigenvalue weighted by Crippen LogP contribution is 2.30. The van der Waals surface area contributed by atoms with E-state index in [-0.39, 0.29) is 17.2 Å². The van der Waals surface area contributed by atoms with Crippen LogP contribution in [0.25, 0.3) is 0 Å². The van der Waals surface area contributed by atoms with E-state index >= 15 is 0 Å². The van der Waals surface area contributed by atoms with Crippen LogP contribution in [0.5, 0.6) is 0 Å². The molecule has 0 saturated carbocycles. The van der Waals surface area contributed by atoms with E-state index in [1.807, 2.05) is 13.8 Å². The number of benzene rings is 1. The summed E-state index contributed by atoms with van der Waals surface area (Å²) >= 11 is 0. The standard InChI is InChI=1S/C18H19F3N2O4/c1-9(2)15-14(10(3)23-27-15)17(25)26-11(4)16(24)22-13-7-5-12(6-8-13)18(19,20)21/h5-9,11H,1-4H3,(H,22,24)/t11-/m1/s1. The van der Waals surface area contributed by atoms with Crippen molar-refractivity contribution in [1.82, 2.24) is 5.16 Å². The van der Waals surface area contributed by atoms with Crippen LogP contribution in [0.2, 0.25) is 0 Å². The molecule has 1 atom stereocenters. The fraction of sp³-hybridized carbons (Fsp3) is 0.389. The highest BCUT2D eigenvalue weighted by Gasteiger charge is 2.30. The Bertz CT molecular complexity index is 826. The molecule has 0 spiro atoms. The van der Waals surface area contributed by atoms with E-state index in [9.17, 15) is 22.8 Å². The number of hydrogen-bond donors (Lipinski definition) is 1. The number of carbonyl (C=O) groups is 2. The SMILES string of the molecule is Cc1noc(C(C)C)c1C(=O)O[C@H](C)C(=O)Nc1ccc(C(F)(F)F)cc1. The molecule has 0 radical (unpaired) electrons. The molecule has 0 fully saturated rings. The fourth-order valence-electron chi connectivity index (χ4n) is 2.29. The zero-order chi connectivity index (χ0) is 20.4. The molecule has 0 aliphatic rings. The van der Waals surface area contributed by atoms with Gasteiger partial charge in [0, 0.05) is 11.6 Å². The van der Waals surface area contributed by atoms with Crippen LogP contribution in [0.3, 0.4) is 0 Å². The van der Waals surface area contributed by atoms with E-state index in [0.29, 0.717) is 11.5 Å². The van der Waals surface area contributed by atoms with E-state index in [1.165, 1.54) is 6.92 Å². The molecule has 0 bridgehead atoms. The second-order valence-corrected chi connectivity index (χ2v) is 6.27. The Balaban J connectivity index is 2.04. The smallest absolute Gasteiger partial charge is 0.416 e. The minimum Gasteiger partial charge on any atom is -0.449 e. The van der Waals surface area contributed by atoms with Crippen molar-refractivity contribution < 1.29 is 32.0 Å². The first-order valence-corrected chi connectivity index (χ1v) is 8.16. The van der Waals surface area contributed by atoms with Crippen molar-refractivity contribution in [2.45, 2.75) is 45.9 Å². The van der Waals surface area contributed by atoms with E-state index in [2.05, 4.69) is 10.5 Å². The van der Waals surface area contributed by atoms with Gasteiger partial charge in [-0.15, -0.1) is 0 Å². The van der Waals surface area contributed by atoms with Crippen molar-refractivity contribution in [2.75, 3.05) is 5.32 Å². The lowest BCUT2D eigenvalue weighted by Crippen LogP contribution is -2.30. The molecule has 0 saturated heterocycles. The summed E-state index contributed by atoms with van der Waals surface area (Å²) in [6.45, 7) is 6.57. The normalized spacial score (nSPS) is 12.7. The van der Waals surface area contributed by atoms with Gasteiger partial charge in [0.2, 0.25) is 0 Å². The first kappa shape index (κ1) is 20.5. The summed E-state index contributed by atoms with van der Waals surface area (Å²) < 4.78 is 47.9. The van der Waals surface area contributed by atoms with Crippen molar-refractivity contribution >= 4 is 17.6 Å². The second-order valence-electron chi connectivity index (χ2n) is 6.27. The highest BCUT2D eigenvalue weighted by atomic mass is 19.4. The first-order chi connectivity index (χ1) is 12.5. The number of esters is 1. The molecule has 1 aromatic heterocycles. The molecule has 27 heavy (non-hydrogen) atoms. The molecule has 1 aromatic carbocycles. The molecule has 2 aromatic rings. The van der Waals surface area contributed by atoms with Gasteiger partial charge >= 0.3 is 12.1 Å². The van der Waals surface area contributed by atoms with Gasteiger partial charge in [-0.1, -0.05) is 19.0 Å². The fourth-order valence-corrected chi connectivity index (χ4v) is 2.29. The Labute approximate surface area is 153 Å². The molecular formula is C18H19F3N2O4. The maximum Gasteiger partial charge on any atom is 0.416 e. The summed E-state index contributed by atoms with van der Waals surface area (Å²) in [5, 5.41) is 6.14. The number of nitrogens with zero attached hydrogens (tertiary/aromatic N) is 1. The zero-order valence-electron chi connectivity index (χ0n) is 15.2. The van der Waals surface area contributed by atoms with Crippen molar-refractivity contribution in [3.63, 3.8) is 0 Å². The number of nitrogens with one attached hydrogen (secondary N) is 1. The van der Waals surface area contributed by atoms with Gasteiger partial charge in [0.1, 0.15) is 5.56 Å². The number of aromatic nitrogens is 1. The zero-order valence-corrected chi connectivity index (χ0v) is 15.2. The number of anilines is 1. The Morgan fingerprint density at radius 3 is 2.26 bits per heavy atom. The average Bonchev–Trinajstić information content (AvgIpc) is 2.96. The molecule has 6 nitrogen and oxygen atoms in total. The molecule has 0 aliphatic carbocycles. The van der Waals surface area contributed by atoms with Gasteiger partial charge in [-0.2, -0.15) is 13.2 Å². The Morgan fingerprint density at radius 1 is 1.15 bits per heavy atom. The van der Waals surface area contributed by atoms with Gasteiger partial charge in [0.25, 0.3) is 5.91 Å². The van der Waals surface area contributed by atoms with Crippen molar-refractivity contribution in [3.05, 3.63) is 46.8 Å². The van der Waals surface area contributed by atoms with E-state index in [1.54, 1.807) is 6.92 Å². The quantitative estimate of drug-likeness (QED) is 0.777. The number of rotatable bonds is 5. The van der Waals surface area contributed by atoms with Gasteiger partial charge in [-0.05, 0) is 38.1 Å². The van der Waals surface area contributed by atoms with E-state index in [0.717, 1.165) is 24.3 Å². The molecule has 9 heteroatoms. The predicted octanol–water partition coefficient (Wildman–Crippen LogP) is 4.31. The van der Waals surface area contributed by atoms with Crippen molar-refractivity contribution in [2.24, 2.45) is 0 Å². The topological polar surface area (TPSA) is 81.4 Å². The van der Waals surface area contributed by atoms with Gasteiger partial charge in [-0.3, -0.25) is 4.79 Å². The van der Waals surface area contributed by atoms with E-state index in [4.69, 9.17) is 9.26 Å². The lowest BCUT2D eigenvalue weighted by atomic mass is 10.1. The number of hydrogen-bond acceptors (Lipinski definition) is 5. The maximum absolute atomic E-state index is 12.6. The van der Waals surface area contributed by atoms with Crippen LogP contribution in [-0.2, 0) is 15.7 Å². The number of amides is 1. The minimum absolute atomic E-state index is 0.106. The van der Waals surface area contributed by atoms with Gasteiger partial charge in [0.15, 0.2) is 11.9 Å². The third-order valence-electron chi connectivity index (χ3n) is 3.75. The molecule has 0 aliphatic heterocycles. The van der Waals surface area contributed by atoms with Crippen LogP contribution in [0, 0.1) is 6.92 Å². The van der Waals surface area contributed by atoms with Crippen molar-refractivity contribution in [3.8, 4) is 0 Å². The Hall–Kier alpha value is -2.84. The molecule has 1 amide bonds. The third kappa shape index (κ3) is 4.87. The number of alkyl halides is 3. The summed E-state index contributed by atoms with van der Waals surface area (Å²) in [5.74, 6) is -1.19. The Kier molecular flexibility index (Phi) is 5.92. The van der Waals surface area contributed by atoms with Gasteiger partial charge in [0.05, 0.1) is 11.3 Å². The minimum atomic E-state index is -4.46. The summed E-state index contributed by atoms with van der Waals surface area (Å²) in [6, 6.07) is 3.94. The predicted molar refractivity (Wildman–Crippen MR) is 90.3 cm³/mol. The highest BCUT2D eigenvalue weighted by molar-refractivity contribution is 5.98. The van der Waals surface area contributed by atoms with Gasteiger partial charge < -0.3 is 14.6 Å². The summed E-state index contributed by atoms with van der Waals surface area (Å²) in [6.07, 6.45) is -5.63. The van der Waals surface area contributed by atoms with Crippen molar-refractivity contribution in [1.29, 1.82) is 0 Å². The van der Waals surface area contributed by atoms with Gasteiger partial charge in [-0.25, -0.2) is 4.79 Å². The molecule has 1 N–H and O–H groups in total. The van der Waals surface area contributed by atoms with Crippen LogP contribution >= 0.6 is 0 Å². The summed E-state index contributed by atoms with van der Waals surface area (Å²) in [5.41, 5.74) is -0.165. The molecular weight excluding hydrogens is 365 g/mol. The van der Waals surface area contributed by atoms with Crippen LogP contribution in [0.4, 0.5) is 18.9 Å². The lowest BCUT2D eigenvalue weighted by Gasteiger charge is -2.14. The third-order valence-corrected chi connectivity index (χ3v) is 3.75. The molecule has 146 valence electrons. The van der Waals surface area contributed by atoms with Crippen LogP contribution < -0.4 is 5.32 Å². The van der Waals surface area contributed by atoms with Crippen LogP contribution in [0.1, 0.15) is 54.1 Å². The number of halogens is 3. The first-order valence-electron chi connectivity index (χ1n) is 8.16. The summed E-state index contributed by atoms with van der Waals surface area (Å²) in [7, 11) is 0. The maximum atomic E-state index is 12.6. The number of ether oxygens (including phenoxy) is 1. The largest absolute Gasteiger partial charge is 0.449 e. The molecule has 0 unspecified atom stereocenters. The number of carbonyl (C=O) groups excluding carboxylic acids is 2. The van der Waals surface area contributed by atoms with Crippen LogP contribution in [-0.4, -0.2) is 23.1 Å². The molecule has 2 rings (SSSR count). The lowest BCUT2D eigenvalue weighted by molar-refractivity contribution is -0.137. The molecule has 1 heterocycles.